The average Bonchev–Trinajstić information content (AvgIpc) is 3.49. The Labute approximate surface area is 160 Å². The van der Waals surface area contributed by atoms with E-state index in [9.17, 15) is 4.79 Å². The number of allylic oxidation sites excluding steroid dienone is 2. The number of rotatable bonds is 10. The molecule has 0 unspecified atom stereocenters. The van der Waals surface area contributed by atoms with E-state index < -0.39 is 0 Å². The Morgan fingerprint density at radius 1 is 0.923 bits per heavy atom. The van der Waals surface area contributed by atoms with Crippen LogP contribution in [0.1, 0.15) is 54.4 Å². The zero-order valence-corrected chi connectivity index (χ0v) is 17.6. The summed E-state index contributed by atoms with van der Waals surface area (Å²) in [6.07, 6.45) is 5.47. The second kappa shape index (κ2) is 9.14. The third-order valence-corrected chi connectivity index (χ3v) is 6.16. The van der Waals surface area contributed by atoms with Gasteiger partial charge in [-0.05, 0) is 43.9 Å². The van der Waals surface area contributed by atoms with Gasteiger partial charge in [0, 0.05) is 6.42 Å². The first-order chi connectivity index (χ1) is 12.0. The maximum absolute atomic E-state index is 11.0. The topological polar surface area (TPSA) is 42.1 Å². The summed E-state index contributed by atoms with van der Waals surface area (Å²) in [6, 6.07) is 0. The van der Waals surface area contributed by atoms with Gasteiger partial charge in [-0.15, -0.1) is 19.7 Å². The average molecular weight is 363 g/mol. The second-order valence-corrected chi connectivity index (χ2v) is 8.49. The maximum Gasteiger partial charge on any atom is 0.132 e. The summed E-state index contributed by atoms with van der Waals surface area (Å²) in [5.74, 6) is 2.06. The lowest BCUT2D eigenvalue weighted by atomic mass is 9.81. The molecule has 0 aromatic rings. The third-order valence-electron chi connectivity index (χ3n) is 6.16. The molecule has 0 amide bonds. The number of epoxide rings is 2. The smallest absolute Gasteiger partial charge is 0.132 e. The van der Waals surface area contributed by atoms with E-state index in [-0.39, 0.29) is 17.0 Å². The summed E-state index contributed by atoms with van der Waals surface area (Å²) < 4.78 is 11.0. The van der Waals surface area contributed by atoms with Crippen molar-refractivity contribution < 1.29 is 14.3 Å². The van der Waals surface area contributed by atoms with Crippen LogP contribution in [0.3, 0.4) is 0 Å². The molecule has 3 heteroatoms. The van der Waals surface area contributed by atoms with E-state index in [1.54, 1.807) is 6.92 Å². The first kappa shape index (κ1) is 22.9. The first-order valence-electron chi connectivity index (χ1n) is 9.70. The van der Waals surface area contributed by atoms with Crippen molar-refractivity contribution in [3.05, 3.63) is 37.5 Å². The Hall–Kier alpha value is -1.19. The Bertz CT molecular complexity index is 478. The number of Topliss-reactive ketones (excluding diaryl/α,β-unsaturated/α-hetero) is 1. The quantitative estimate of drug-likeness (QED) is 0.387. The highest BCUT2D eigenvalue weighted by atomic mass is 16.6. The van der Waals surface area contributed by atoms with Crippen LogP contribution in [0.4, 0.5) is 0 Å². The van der Waals surface area contributed by atoms with Gasteiger partial charge in [0.05, 0.1) is 18.8 Å². The molecule has 0 saturated carbocycles. The zero-order valence-electron chi connectivity index (χ0n) is 17.6. The van der Waals surface area contributed by atoms with Crippen LogP contribution in [-0.4, -0.2) is 30.2 Å². The molecule has 0 aromatic heterocycles. The van der Waals surface area contributed by atoms with Gasteiger partial charge in [0.1, 0.15) is 11.4 Å². The Balaban J connectivity index is 0.000000260. The third kappa shape index (κ3) is 5.92. The minimum atomic E-state index is -0.167. The molecule has 2 fully saturated rings. The van der Waals surface area contributed by atoms with Crippen molar-refractivity contribution in [2.24, 2.45) is 23.7 Å². The molecule has 0 aromatic carbocycles. The molecule has 0 N–H and O–H groups in total. The first-order valence-corrected chi connectivity index (χ1v) is 9.70. The largest absolute Gasteiger partial charge is 0.369 e. The van der Waals surface area contributed by atoms with Crippen molar-refractivity contribution in [2.45, 2.75) is 65.6 Å². The molecule has 2 heterocycles. The summed E-state index contributed by atoms with van der Waals surface area (Å²) in [7, 11) is 0. The lowest BCUT2D eigenvalue weighted by Crippen LogP contribution is -2.28. The monoisotopic (exact) mass is 362 g/mol. The van der Waals surface area contributed by atoms with Gasteiger partial charge in [0.25, 0.3) is 0 Å². The van der Waals surface area contributed by atoms with E-state index in [1.807, 2.05) is 12.2 Å². The lowest BCUT2D eigenvalue weighted by molar-refractivity contribution is -0.118. The van der Waals surface area contributed by atoms with Crippen LogP contribution in [0.2, 0.25) is 0 Å². The van der Waals surface area contributed by atoms with E-state index in [4.69, 9.17) is 9.47 Å². The van der Waals surface area contributed by atoms with Crippen LogP contribution in [0, 0.1) is 23.7 Å². The Morgan fingerprint density at radius 2 is 1.27 bits per heavy atom. The highest BCUT2D eigenvalue weighted by Crippen LogP contribution is 2.44. The van der Waals surface area contributed by atoms with Crippen molar-refractivity contribution in [1.82, 2.24) is 0 Å². The standard InChI is InChI=1S/C12H20O.C11H18O2/c1-6-10(4)11(5)12(8-13-12)7-9(2)3;1-5-8(2)10(4)11(7-13-11)6-9(3)12/h6,10-11H,1-2,7-8H2,3-5H3;5,8,10H,1,6-7H2,2-4H3/t10-,11-,12-;8-,10-,11-/m11/s1. The van der Waals surface area contributed by atoms with Gasteiger partial charge in [0.15, 0.2) is 0 Å². The van der Waals surface area contributed by atoms with Crippen LogP contribution in [0.25, 0.3) is 0 Å². The van der Waals surface area contributed by atoms with Crippen molar-refractivity contribution in [2.75, 3.05) is 13.2 Å². The number of carbonyl (C=O) groups is 1. The summed E-state index contributed by atoms with van der Waals surface area (Å²) in [6.45, 7) is 25.5. The number of carbonyl (C=O) groups excluding carboxylic acids is 1. The highest BCUT2D eigenvalue weighted by Gasteiger charge is 2.51. The van der Waals surface area contributed by atoms with E-state index in [2.05, 4.69) is 54.4 Å². The molecule has 0 aliphatic carbocycles. The predicted molar refractivity (Wildman–Crippen MR) is 109 cm³/mol. The normalized spacial score (nSPS) is 30.7. The Kier molecular flexibility index (Phi) is 8.04. The maximum atomic E-state index is 11.0. The SMILES string of the molecule is C=C[C@@H](C)[C@@H](C)[C@@]1(CC(=C)C)CO1.C=C[C@@H](C)[C@@H](C)[C@@]1(CC(C)=O)CO1. The highest BCUT2D eigenvalue weighted by molar-refractivity contribution is 5.77. The van der Waals surface area contributed by atoms with Gasteiger partial charge in [-0.25, -0.2) is 0 Å². The van der Waals surface area contributed by atoms with Crippen LogP contribution in [0.5, 0.6) is 0 Å². The number of hydrogen-bond acceptors (Lipinski definition) is 3. The summed E-state index contributed by atoms with van der Waals surface area (Å²) in [5.41, 5.74) is 1.12. The van der Waals surface area contributed by atoms with Gasteiger partial charge in [-0.1, -0.05) is 45.4 Å². The molecule has 2 aliphatic rings. The molecule has 0 radical (unpaired) electrons. The summed E-state index contributed by atoms with van der Waals surface area (Å²) >= 11 is 0. The van der Waals surface area contributed by atoms with E-state index in [0.717, 1.165) is 19.6 Å². The summed E-state index contributed by atoms with van der Waals surface area (Å²) in [4.78, 5) is 11.0. The number of ketones is 1. The van der Waals surface area contributed by atoms with Crippen molar-refractivity contribution in [1.29, 1.82) is 0 Å². The van der Waals surface area contributed by atoms with E-state index in [1.165, 1.54) is 5.57 Å². The second-order valence-electron chi connectivity index (χ2n) is 8.49. The van der Waals surface area contributed by atoms with Gasteiger partial charge in [-0.3, -0.25) is 4.79 Å². The zero-order chi connectivity index (χ0) is 20.1. The fourth-order valence-electron chi connectivity index (χ4n) is 3.54. The molecule has 2 aliphatic heterocycles. The van der Waals surface area contributed by atoms with Gasteiger partial charge < -0.3 is 9.47 Å². The molecule has 2 saturated heterocycles. The van der Waals surface area contributed by atoms with E-state index >= 15 is 0 Å². The fourth-order valence-corrected chi connectivity index (χ4v) is 3.54. The van der Waals surface area contributed by atoms with Crippen molar-refractivity contribution in [3.8, 4) is 0 Å². The van der Waals surface area contributed by atoms with Gasteiger partial charge in [0.2, 0.25) is 0 Å². The fraction of sp³-hybridized carbons (Fsp3) is 0.696. The molecule has 6 atom stereocenters. The summed E-state index contributed by atoms with van der Waals surface area (Å²) in [5, 5.41) is 0. The molecule has 2 rings (SSSR count). The van der Waals surface area contributed by atoms with Crippen LogP contribution in [-0.2, 0) is 14.3 Å². The molecule has 0 spiro atoms. The van der Waals surface area contributed by atoms with Crippen LogP contribution in [0.15, 0.2) is 37.5 Å². The van der Waals surface area contributed by atoms with Crippen LogP contribution < -0.4 is 0 Å². The predicted octanol–water partition coefficient (Wildman–Crippen LogP) is 5.37. The minimum absolute atomic E-state index is 0.0828. The molecule has 26 heavy (non-hydrogen) atoms. The lowest BCUT2D eigenvalue weighted by Gasteiger charge is -2.24. The van der Waals surface area contributed by atoms with E-state index in [0.29, 0.717) is 30.1 Å². The van der Waals surface area contributed by atoms with Gasteiger partial charge >= 0.3 is 0 Å². The van der Waals surface area contributed by atoms with Crippen molar-refractivity contribution in [3.63, 3.8) is 0 Å². The number of ether oxygens (including phenoxy) is 2. The molecule has 3 nitrogen and oxygen atoms in total. The molecule has 0 bridgehead atoms. The number of hydrogen-bond donors (Lipinski definition) is 0. The van der Waals surface area contributed by atoms with Gasteiger partial charge in [-0.2, -0.15) is 0 Å². The van der Waals surface area contributed by atoms with Crippen LogP contribution >= 0.6 is 0 Å². The molecule has 148 valence electrons. The minimum Gasteiger partial charge on any atom is -0.369 e. The molecular weight excluding hydrogens is 324 g/mol. The molecular formula is C23H38O3. The Morgan fingerprint density at radius 3 is 1.50 bits per heavy atom. The van der Waals surface area contributed by atoms with Crippen molar-refractivity contribution >= 4 is 5.78 Å².